The van der Waals surface area contributed by atoms with E-state index in [-0.39, 0.29) is 18.4 Å². The van der Waals surface area contributed by atoms with Crippen LogP contribution in [-0.4, -0.2) is 20.1 Å². The first-order valence-corrected chi connectivity index (χ1v) is 8.19. The van der Waals surface area contributed by atoms with E-state index in [9.17, 15) is 9.18 Å². The van der Waals surface area contributed by atoms with Crippen LogP contribution in [0.2, 0.25) is 0 Å². The van der Waals surface area contributed by atoms with E-state index in [0.29, 0.717) is 17.1 Å². The average Bonchev–Trinajstić information content (AvgIpc) is 2.57. The molecule has 0 fully saturated rings. The Labute approximate surface area is 149 Å². The molecule has 0 aliphatic carbocycles. The summed E-state index contributed by atoms with van der Waals surface area (Å²) < 4.78 is 24.9. The number of carbonyl (C=O) groups excluding carboxylic acids is 1. The zero-order valence-electron chi connectivity index (χ0n) is 13.7. The van der Waals surface area contributed by atoms with Crippen molar-refractivity contribution < 1.29 is 18.7 Å². The number of nitrogens with one attached hydrogen (secondary N) is 1. The van der Waals surface area contributed by atoms with E-state index in [1.807, 2.05) is 19.1 Å². The summed E-state index contributed by atoms with van der Waals surface area (Å²) in [4.78, 5) is 12.2. The highest BCUT2D eigenvalue weighted by atomic mass is 79.9. The van der Waals surface area contributed by atoms with Gasteiger partial charge in [0.25, 0.3) is 0 Å². The molecule has 0 aromatic heterocycles. The van der Waals surface area contributed by atoms with E-state index >= 15 is 0 Å². The average molecular weight is 396 g/mol. The van der Waals surface area contributed by atoms with Crippen LogP contribution in [0.15, 0.2) is 40.9 Å². The molecule has 0 aliphatic heterocycles. The van der Waals surface area contributed by atoms with E-state index in [0.717, 1.165) is 10.0 Å². The first-order valence-electron chi connectivity index (χ1n) is 7.39. The minimum absolute atomic E-state index is 0.0249. The maximum Gasteiger partial charge on any atom is 0.225 e. The number of rotatable bonds is 6. The standard InChI is InChI=1S/C18H19BrFNO3/c1-11(12-4-7-16(23-2)17(9-12)24-3)21-18(22)10-13-8-14(19)5-6-15(13)20/h4-9,11H,10H2,1-3H3,(H,21,22). The Morgan fingerprint density at radius 2 is 1.88 bits per heavy atom. The molecule has 24 heavy (non-hydrogen) atoms. The van der Waals surface area contributed by atoms with Crippen molar-refractivity contribution in [3.05, 3.63) is 57.8 Å². The maximum absolute atomic E-state index is 13.7. The van der Waals surface area contributed by atoms with Gasteiger partial charge in [0.05, 0.1) is 26.7 Å². The Hall–Kier alpha value is -2.08. The molecule has 0 heterocycles. The molecule has 2 rings (SSSR count). The van der Waals surface area contributed by atoms with Crippen LogP contribution in [0.5, 0.6) is 11.5 Å². The lowest BCUT2D eigenvalue weighted by Crippen LogP contribution is -2.28. The fourth-order valence-electron chi connectivity index (χ4n) is 2.35. The number of hydrogen-bond donors (Lipinski definition) is 1. The second-order valence-electron chi connectivity index (χ2n) is 5.32. The van der Waals surface area contributed by atoms with Crippen LogP contribution in [-0.2, 0) is 11.2 Å². The van der Waals surface area contributed by atoms with Crippen molar-refractivity contribution in [2.75, 3.05) is 14.2 Å². The largest absolute Gasteiger partial charge is 0.493 e. The lowest BCUT2D eigenvalue weighted by atomic mass is 10.1. The van der Waals surface area contributed by atoms with Gasteiger partial charge in [-0.3, -0.25) is 4.79 Å². The molecule has 0 radical (unpaired) electrons. The molecule has 2 aromatic rings. The third-order valence-corrected chi connectivity index (χ3v) is 4.14. The van der Waals surface area contributed by atoms with Crippen LogP contribution in [0.25, 0.3) is 0 Å². The van der Waals surface area contributed by atoms with Gasteiger partial charge in [-0.05, 0) is 48.4 Å². The molecule has 2 aromatic carbocycles. The summed E-state index contributed by atoms with van der Waals surface area (Å²) in [5, 5.41) is 2.86. The Morgan fingerprint density at radius 1 is 1.17 bits per heavy atom. The van der Waals surface area contributed by atoms with Crippen molar-refractivity contribution >= 4 is 21.8 Å². The van der Waals surface area contributed by atoms with Gasteiger partial charge in [0.1, 0.15) is 5.82 Å². The summed E-state index contributed by atoms with van der Waals surface area (Å²) >= 11 is 3.28. The minimum Gasteiger partial charge on any atom is -0.493 e. The molecule has 0 saturated heterocycles. The Bertz CT molecular complexity index is 736. The van der Waals surface area contributed by atoms with Gasteiger partial charge in [0, 0.05) is 4.47 Å². The molecule has 1 unspecified atom stereocenters. The van der Waals surface area contributed by atoms with E-state index in [4.69, 9.17) is 9.47 Å². The van der Waals surface area contributed by atoms with Crippen LogP contribution in [0.3, 0.4) is 0 Å². The zero-order valence-corrected chi connectivity index (χ0v) is 15.3. The van der Waals surface area contributed by atoms with Crippen molar-refractivity contribution in [1.29, 1.82) is 0 Å². The summed E-state index contributed by atoms with van der Waals surface area (Å²) in [6.45, 7) is 1.86. The fourth-order valence-corrected chi connectivity index (χ4v) is 2.76. The SMILES string of the molecule is COc1ccc(C(C)NC(=O)Cc2cc(Br)ccc2F)cc1OC. The number of methoxy groups -OCH3 is 2. The lowest BCUT2D eigenvalue weighted by Gasteiger charge is -2.17. The number of ether oxygens (including phenoxy) is 2. The van der Waals surface area contributed by atoms with Crippen molar-refractivity contribution in [2.24, 2.45) is 0 Å². The van der Waals surface area contributed by atoms with Gasteiger partial charge in [-0.1, -0.05) is 22.0 Å². The predicted molar refractivity (Wildman–Crippen MR) is 93.9 cm³/mol. The lowest BCUT2D eigenvalue weighted by molar-refractivity contribution is -0.121. The van der Waals surface area contributed by atoms with Crippen LogP contribution >= 0.6 is 15.9 Å². The second-order valence-corrected chi connectivity index (χ2v) is 6.23. The zero-order chi connectivity index (χ0) is 17.7. The molecule has 1 N–H and O–H groups in total. The molecule has 6 heteroatoms. The smallest absolute Gasteiger partial charge is 0.225 e. The molecule has 1 atom stereocenters. The first-order chi connectivity index (χ1) is 11.4. The van der Waals surface area contributed by atoms with Crippen LogP contribution in [0, 0.1) is 5.82 Å². The summed E-state index contributed by atoms with van der Waals surface area (Å²) in [5.41, 5.74) is 1.22. The van der Waals surface area contributed by atoms with Crippen molar-refractivity contribution in [3.8, 4) is 11.5 Å². The molecule has 1 amide bonds. The van der Waals surface area contributed by atoms with Gasteiger partial charge in [-0.2, -0.15) is 0 Å². The number of halogens is 2. The van der Waals surface area contributed by atoms with Gasteiger partial charge in [-0.25, -0.2) is 4.39 Å². The number of carbonyl (C=O) groups is 1. The Morgan fingerprint density at radius 3 is 2.54 bits per heavy atom. The number of hydrogen-bond acceptors (Lipinski definition) is 3. The molecule has 0 aliphatic rings. The number of benzene rings is 2. The van der Waals surface area contributed by atoms with E-state index in [1.165, 1.54) is 6.07 Å². The Balaban J connectivity index is 2.07. The highest BCUT2D eigenvalue weighted by Gasteiger charge is 2.14. The number of amides is 1. The predicted octanol–water partition coefficient (Wildman–Crippen LogP) is 4.03. The topological polar surface area (TPSA) is 47.6 Å². The maximum atomic E-state index is 13.7. The quantitative estimate of drug-likeness (QED) is 0.802. The highest BCUT2D eigenvalue weighted by molar-refractivity contribution is 9.10. The van der Waals surface area contributed by atoms with E-state index in [2.05, 4.69) is 21.2 Å². The van der Waals surface area contributed by atoms with Gasteiger partial charge >= 0.3 is 0 Å². The summed E-state index contributed by atoms with van der Waals surface area (Å²) in [6.07, 6.45) is -0.0249. The molecule has 0 bridgehead atoms. The van der Waals surface area contributed by atoms with Crippen molar-refractivity contribution in [3.63, 3.8) is 0 Å². The normalized spacial score (nSPS) is 11.7. The third-order valence-electron chi connectivity index (χ3n) is 3.64. The third kappa shape index (κ3) is 4.47. The monoisotopic (exact) mass is 395 g/mol. The van der Waals surface area contributed by atoms with E-state index < -0.39 is 5.82 Å². The molecule has 0 saturated carbocycles. The highest BCUT2D eigenvalue weighted by Crippen LogP contribution is 2.29. The van der Waals surface area contributed by atoms with Gasteiger partial charge < -0.3 is 14.8 Å². The molecular weight excluding hydrogens is 377 g/mol. The fraction of sp³-hybridized carbons (Fsp3) is 0.278. The Kier molecular flexibility index (Phi) is 6.20. The van der Waals surface area contributed by atoms with E-state index in [1.54, 1.807) is 32.4 Å². The summed E-state index contributed by atoms with van der Waals surface area (Å²) in [6, 6.07) is 9.75. The van der Waals surface area contributed by atoms with Crippen LogP contribution in [0.4, 0.5) is 4.39 Å². The summed E-state index contributed by atoms with van der Waals surface area (Å²) in [7, 11) is 3.12. The molecule has 4 nitrogen and oxygen atoms in total. The first kappa shape index (κ1) is 18.3. The minimum atomic E-state index is -0.396. The van der Waals surface area contributed by atoms with Gasteiger partial charge in [-0.15, -0.1) is 0 Å². The van der Waals surface area contributed by atoms with Crippen LogP contribution in [0.1, 0.15) is 24.1 Å². The van der Waals surface area contributed by atoms with Crippen molar-refractivity contribution in [2.45, 2.75) is 19.4 Å². The van der Waals surface area contributed by atoms with Crippen molar-refractivity contribution in [1.82, 2.24) is 5.32 Å². The van der Waals surface area contributed by atoms with Crippen LogP contribution < -0.4 is 14.8 Å². The second kappa shape index (κ2) is 8.15. The molecular formula is C18H19BrFNO3. The molecule has 0 spiro atoms. The van der Waals surface area contributed by atoms with Gasteiger partial charge in [0.15, 0.2) is 11.5 Å². The summed E-state index contributed by atoms with van der Waals surface area (Å²) in [5.74, 6) is 0.562. The molecule has 128 valence electrons. The van der Waals surface area contributed by atoms with Gasteiger partial charge in [0.2, 0.25) is 5.91 Å².